The van der Waals surface area contributed by atoms with Gasteiger partial charge in [-0.1, -0.05) is 32.6 Å². The summed E-state index contributed by atoms with van der Waals surface area (Å²) < 4.78 is 0. The lowest BCUT2D eigenvalue weighted by Gasteiger charge is -2.26. The molecule has 14 heavy (non-hydrogen) atoms. The lowest BCUT2D eigenvalue weighted by atomic mass is 9.79. The van der Waals surface area contributed by atoms with Crippen LogP contribution < -0.4 is 5.32 Å². The molecule has 2 rings (SSSR count). The van der Waals surface area contributed by atoms with E-state index in [1.54, 1.807) is 0 Å². The zero-order valence-electron chi connectivity index (χ0n) is 9.65. The number of rotatable bonds is 2. The van der Waals surface area contributed by atoms with E-state index in [4.69, 9.17) is 0 Å². The first kappa shape index (κ1) is 10.5. The van der Waals surface area contributed by atoms with Gasteiger partial charge in [0, 0.05) is 6.54 Å². The van der Waals surface area contributed by atoms with E-state index in [9.17, 15) is 0 Å². The molecule has 0 radical (unpaired) electrons. The lowest BCUT2D eigenvalue weighted by molar-refractivity contribution is 0.270. The van der Waals surface area contributed by atoms with Crippen molar-refractivity contribution in [3.8, 4) is 0 Å². The highest BCUT2D eigenvalue weighted by Crippen LogP contribution is 2.42. The summed E-state index contributed by atoms with van der Waals surface area (Å²) in [5.41, 5.74) is 0.725. The quantitative estimate of drug-likeness (QED) is 0.712. The second-order valence-electron chi connectivity index (χ2n) is 5.51. The highest BCUT2D eigenvalue weighted by molar-refractivity contribution is 4.90. The van der Waals surface area contributed by atoms with E-state index in [1.165, 1.54) is 64.5 Å². The molecule has 0 aromatic rings. The molecule has 2 unspecified atom stereocenters. The Morgan fingerprint density at radius 1 is 1.21 bits per heavy atom. The van der Waals surface area contributed by atoms with Crippen molar-refractivity contribution in [1.82, 2.24) is 5.32 Å². The Morgan fingerprint density at radius 3 is 2.86 bits per heavy atom. The van der Waals surface area contributed by atoms with Crippen LogP contribution in [0.4, 0.5) is 0 Å². The third kappa shape index (κ3) is 2.31. The molecule has 1 spiro atoms. The summed E-state index contributed by atoms with van der Waals surface area (Å²) in [4.78, 5) is 0. The van der Waals surface area contributed by atoms with Crippen LogP contribution in [0.3, 0.4) is 0 Å². The van der Waals surface area contributed by atoms with Crippen LogP contribution in [-0.4, -0.2) is 13.1 Å². The van der Waals surface area contributed by atoms with E-state index in [-0.39, 0.29) is 0 Å². The maximum absolute atomic E-state index is 3.56. The monoisotopic (exact) mass is 195 g/mol. The normalized spacial score (nSPS) is 38.8. The maximum Gasteiger partial charge on any atom is 0.000829 e. The summed E-state index contributed by atoms with van der Waals surface area (Å²) in [6.07, 6.45) is 11.8. The number of hydrogen-bond acceptors (Lipinski definition) is 1. The maximum atomic E-state index is 3.56. The van der Waals surface area contributed by atoms with Gasteiger partial charge in [-0.25, -0.2) is 0 Å². The molecule has 1 heteroatoms. The minimum Gasteiger partial charge on any atom is -0.316 e. The molecule has 1 saturated carbocycles. The fourth-order valence-electron chi connectivity index (χ4n) is 3.46. The van der Waals surface area contributed by atoms with Crippen molar-refractivity contribution < 1.29 is 0 Å². The summed E-state index contributed by atoms with van der Waals surface area (Å²) in [6, 6.07) is 0. The average Bonchev–Trinajstić information content (AvgIpc) is 2.54. The number of hydrogen-bond donors (Lipinski definition) is 1. The van der Waals surface area contributed by atoms with Crippen LogP contribution >= 0.6 is 0 Å². The molecule has 0 bridgehead atoms. The first-order valence-corrected chi connectivity index (χ1v) is 6.55. The van der Waals surface area contributed by atoms with Gasteiger partial charge >= 0.3 is 0 Å². The smallest absolute Gasteiger partial charge is 0.000829 e. The van der Waals surface area contributed by atoms with Crippen LogP contribution in [0.25, 0.3) is 0 Å². The topological polar surface area (TPSA) is 12.0 Å². The third-order valence-corrected chi connectivity index (χ3v) is 4.43. The van der Waals surface area contributed by atoms with Gasteiger partial charge in [-0.3, -0.25) is 0 Å². The van der Waals surface area contributed by atoms with Gasteiger partial charge in [0.05, 0.1) is 0 Å². The van der Waals surface area contributed by atoms with E-state index in [0.717, 1.165) is 11.3 Å². The zero-order chi connectivity index (χ0) is 9.86. The van der Waals surface area contributed by atoms with Crippen molar-refractivity contribution in [2.24, 2.45) is 11.3 Å². The van der Waals surface area contributed by atoms with Crippen molar-refractivity contribution in [1.29, 1.82) is 0 Å². The Hall–Kier alpha value is -0.0400. The van der Waals surface area contributed by atoms with Gasteiger partial charge in [0.25, 0.3) is 0 Å². The largest absolute Gasteiger partial charge is 0.316 e. The van der Waals surface area contributed by atoms with E-state index in [0.29, 0.717) is 0 Å². The van der Waals surface area contributed by atoms with Gasteiger partial charge in [0.15, 0.2) is 0 Å². The molecule has 1 saturated heterocycles. The molecule has 82 valence electrons. The van der Waals surface area contributed by atoms with Crippen LogP contribution in [0, 0.1) is 11.3 Å². The molecule has 2 aliphatic rings. The van der Waals surface area contributed by atoms with Gasteiger partial charge in [0.1, 0.15) is 0 Å². The van der Waals surface area contributed by atoms with Gasteiger partial charge in [0.2, 0.25) is 0 Å². The fourth-order valence-corrected chi connectivity index (χ4v) is 3.46. The molecule has 1 heterocycles. The SMILES string of the molecule is CCCC1CCCC2(CCNC2)CC1. The minimum atomic E-state index is 0.725. The molecular formula is C13H25N. The van der Waals surface area contributed by atoms with Crippen LogP contribution in [0.2, 0.25) is 0 Å². The Labute approximate surface area is 88.7 Å². The van der Waals surface area contributed by atoms with Crippen molar-refractivity contribution in [3.63, 3.8) is 0 Å². The number of nitrogens with one attached hydrogen (secondary N) is 1. The van der Waals surface area contributed by atoms with Crippen LogP contribution in [0.15, 0.2) is 0 Å². The van der Waals surface area contributed by atoms with E-state index < -0.39 is 0 Å². The molecule has 0 aromatic carbocycles. The predicted octanol–water partition coefficient (Wildman–Crippen LogP) is 3.35. The highest BCUT2D eigenvalue weighted by atomic mass is 14.9. The molecule has 0 amide bonds. The summed E-state index contributed by atoms with van der Waals surface area (Å²) in [5, 5.41) is 3.56. The molecule has 1 aliphatic carbocycles. The third-order valence-electron chi connectivity index (χ3n) is 4.43. The Kier molecular flexibility index (Phi) is 3.48. The van der Waals surface area contributed by atoms with E-state index >= 15 is 0 Å². The first-order valence-electron chi connectivity index (χ1n) is 6.55. The molecular weight excluding hydrogens is 170 g/mol. The van der Waals surface area contributed by atoms with E-state index in [2.05, 4.69) is 12.2 Å². The molecule has 2 atom stereocenters. The first-order chi connectivity index (χ1) is 6.85. The summed E-state index contributed by atoms with van der Waals surface area (Å²) in [6.45, 7) is 4.92. The van der Waals surface area contributed by atoms with Crippen molar-refractivity contribution in [2.75, 3.05) is 13.1 Å². The summed E-state index contributed by atoms with van der Waals surface area (Å²) in [7, 11) is 0. The van der Waals surface area contributed by atoms with E-state index in [1.807, 2.05) is 0 Å². The fraction of sp³-hybridized carbons (Fsp3) is 1.00. The van der Waals surface area contributed by atoms with Crippen molar-refractivity contribution in [3.05, 3.63) is 0 Å². The Bertz CT molecular complexity index is 170. The van der Waals surface area contributed by atoms with Crippen LogP contribution in [-0.2, 0) is 0 Å². The molecule has 2 fully saturated rings. The van der Waals surface area contributed by atoms with Crippen molar-refractivity contribution >= 4 is 0 Å². The molecule has 1 aliphatic heterocycles. The van der Waals surface area contributed by atoms with Crippen LogP contribution in [0.1, 0.15) is 58.3 Å². The van der Waals surface area contributed by atoms with Crippen LogP contribution in [0.5, 0.6) is 0 Å². The minimum absolute atomic E-state index is 0.725. The molecule has 0 aromatic heterocycles. The predicted molar refractivity (Wildman–Crippen MR) is 61.4 cm³/mol. The summed E-state index contributed by atoms with van der Waals surface area (Å²) >= 11 is 0. The van der Waals surface area contributed by atoms with Crippen molar-refractivity contribution in [2.45, 2.75) is 58.3 Å². The average molecular weight is 195 g/mol. The Balaban J connectivity index is 1.87. The molecule has 1 nitrogen and oxygen atoms in total. The highest BCUT2D eigenvalue weighted by Gasteiger charge is 2.35. The van der Waals surface area contributed by atoms with Gasteiger partial charge in [-0.05, 0) is 43.6 Å². The lowest BCUT2D eigenvalue weighted by Crippen LogP contribution is -2.23. The second-order valence-corrected chi connectivity index (χ2v) is 5.51. The second kappa shape index (κ2) is 4.65. The van der Waals surface area contributed by atoms with Gasteiger partial charge < -0.3 is 5.32 Å². The molecule has 1 N–H and O–H groups in total. The van der Waals surface area contributed by atoms with Gasteiger partial charge in [-0.2, -0.15) is 0 Å². The standard InChI is InChI=1S/C13H25N/c1-2-4-12-5-3-7-13(8-6-12)9-10-14-11-13/h12,14H,2-11H2,1H3. The van der Waals surface area contributed by atoms with Gasteiger partial charge in [-0.15, -0.1) is 0 Å². The zero-order valence-corrected chi connectivity index (χ0v) is 9.65. The Morgan fingerprint density at radius 2 is 2.14 bits per heavy atom. The summed E-state index contributed by atoms with van der Waals surface area (Å²) in [5.74, 6) is 1.06.